The first-order valence-electron chi connectivity index (χ1n) is 8.27. The van der Waals surface area contributed by atoms with Crippen molar-refractivity contribution in [1.29, 1.82) is 0 Å². The summed E-state index contributed by atoms with van der Waals surface area (Å²) in [5.41, 5.74) is 5.25. The van der Waals surface area contributed by atoms with Crippen LogP contribution in [0.5, 0.6) is 5.75 Å². The van der Waals surface area contributed by atoms with E-state index in [9.17, 15) is 0 Å². The van der Waals surface area contributed by atoms with E-state index in [0.29, 0.717) is 0 Å². The molecule has 0 aliphatic heterocycles. The highest BCUT2D eigenvalue weighted by molar-refractivity contribution is 5.74. The smallest absolute Gasteiger partial charge is 0.127 e. The Morgan fingerprint density at radius 1 is 1.00 bits per heavy atom. The van der Waals surface area contributed by atoms with Crippen LogP contribution in [0, 0.1) is 6.92 Å². The summed E-state index contributed by atoms with van der Waals surface area (Å²) < 4.78 is 6.04. The number of unbranched alkanes of at least 4 members (excludes halogenated alkanes) is 1. The summed E-state index contributed by atoms with van der Waals surface area (Å²) in [6.07, 6.45) is 2.25. The van der Waals surface area contributed by atoms with E-state index in [1.807, 2.05) is 0 Å². The monoisotopic (exact) mass is 296 g/mol. The quantitative estimate of drug-likeness (QED) is 0.602. The summed E-state index contributed by atoms with van der Waals surface area (Å²) in [5.74, 6) is 1.000. The Morgan fingerprint density at radius 3 is 2.41 bits per heavy atom. The van der Waals surface area contributed by atoms with E-state index in [-0.39, 0.29) is 5.41 Å². The molecule has 2 aromatic carbocycles. The van der Waals surface area contributed by atoms with Crippen molar-refractivity contribution in [3.63, 3.8) is 0 Å². The summed E-state index contributed by atoms with van der Waals surface area (Å²) >= 11 is 0. The number of hydrogen-bond donors (Lipinski definition) is 0. The average molecular weight is 296 g/mol. The Bertz CT molecular complexity index is 620. The molecule has 2 aromatic rings. The molecule has 0 radical (unpaired) electrons. The van der Waals surface area contributed by atoms with Gasteiger partial charge in [-0.3, -0.25) is 0 Å². The lowest BCUT2D eigenvalue weighted by Crippen LogP contribution is -2.10. The van der Waals surface area contributed by atoms with Gasteiger partial charge in [0.1, 0.15) is 5.75 Å². The Morgan fingerprint density at radius 2 is 1.73 bits per heavy atom. The predicted octanol–water partition coefficient (Wildman–Crippen LogP) is 6.14. The van der Waals surface area contributed by atoms with Crippen molar-refractivity contribution in [2.45, 2.75) is 52.9 Å². The van der Waals surface area contributed by atoms with E-state index in [2.05, 4.69) is 77.1 Å². The summed E-state index contributed by atoms with van der Waals surface area (Å²) in [5, 5.41) is 0. The molecule has 0 fully saturated rings. The van der Waals surface area contributed by atoms with Crippen molar-refractivity contribution in [1.82, 2.24) is 0 Å². The molecule has 0 aromatic heterocycles. The Kier molecular flexibility index (Phi) is 5.28. The molecule has 0 aliphatic rings. The first-order valence-corrected chi connectivity index (χ1v) is 8.27. The van der Waals surface area contributed by atoms with Crippen molar-refractivity contribution >= 4 is 0 Å². The molecule has 118 valence electrons. The average Bonchev–Trinajstić information content (AvgIpc) is 2.47. The SMILES string of the molecule is CCCCOc1cccc(C)c1-c1cccc(C(C)(C)C)c1. The van der Waals surface area contributed by atoms with Crippen LogP contribution >= 0.6 is 0 Å². The van der Waals surface area contributed by atoms with Gasteiger partial charge in [-0.05, 0) is 41.5 Å². The molecule has 0 saturated carbocycles. The number of aryl methyl sites for hydroxylation is 1. The fraction of sp³-hybridized carbons (Fsp3) is 0.429. The lowest BCUT2D eigenvalue weighted by molar-refractivity contribution is 0.310. The predicted molar refractivity (Wildman–Crippen MR) is 95.7 cm³/mol. The van der Waals surface area contributed by atoms with Crippen LogP contribution < -0.4 is 4.74 Å². The van der Waals surface area contributed by atoms with Gasteiger partial charge in [-0.1, -0.05) is 70.5 Å². The molecule has 1 nitrogen and oxygen atoms in total. The summed E-state index contributed by atoms with van der Waals surface area (Å²) in [6, 6.07) is 15.2. The second-order valence-electron chi connectivity index (χ2n) is 6.98. The zero-order valence-electron chi connectivity index (χ0n) is 14.6. The second kappa shape index (κ2) is 7.00. The minimum absolute atomic E-state index is 0.155. The first-order chi connectivity index (χ1) is 10.4. The standard InChI is InChI=1S/C21H28O/c1-6-7-14-22-19-13-8-10-16(2)20(19)17-11-9-12-18(15-17)21(3,4)5/h8-13,15H,6-7,14H2,1-5H3. The van der Waals surface area contributed by atoms with Crippen LogP contribution in [0.4, 0.5) is 0 Å². The molecule has 1 heteroatoms. The van der Waals surface area contributed by atoms with Gasteiger partial charge in [-0.2, -0.15) is 0 Å². The highest BCUT2D eigenvalue weighted by atomic mass is 16.5. The van der Waals surface area contributed by atoms with E-state index in [4.69, 9.17) is 4.74 Å². The van der Waals surface area contributed by atoms with Gasteiger partial charge in [-0.25, -0.2) is 0 Å². The number of ether oxygens (including phenoxy) is 1. The molecule has 0 atom stereocenters. The lowest BCUT2D eigenvalue weighted by atomic mass is 9.85. The third-order valence-corrected chi connectivity index (χ3v) is 4.01. The third kappa shape index (κ3) is 3.91. The van der Waals surface area contributed by atoms with Crippen LogP contribution in [-0.4, -0.2) is 6.61 Å². The molecular formula is C21H28O. The van der Waals surface area contributed by atoms with E-state index >= 15 is 0 Å². The van der Waals surface area contributed by atoms with E-state index in [0.717, 1.165) is 25.2 Å². The summed E-state index contributed by atoms with van der Waals surface area (Å²) in [6.45, 7) is 11.9. The molecule has 0 amide bonds. The van der Waals surface area contributed by atoms with Crippen LogP contribution in [0.2, 0.25) is 0 Å². The summed E-state index contributed by atoms with van der Waals surface area (Å²) in [4.78, 5) is 0. The van der Waals surface area contributed by atoms with Crippen LogP contribution in [0.25, 0.3) is 11.1 Å². The van der Waals surface area contributed by atoms with Gasteiger partial charge >= 0.3 is 0 Å². The highest BCUT2D eigenvalue weighted by Gasteiger charge is 2.16. The molecule has 22 heavy (non-hydrogen) atoms. The maximum absolute atomic E-state index is 6.04. The minimum Gasteiger partial charge on any atom is -0.493 e. The molecular weight excluding hydrogens is 268 g/mol. The molecule has 0 bridgehead atoms. The van der Waals surface area contributed by atoms with E-state index < -0.39 is 0 Å². The van der Waals surface area contributed by atoms with Crippen LogP contribution in [0.3, 0.4) is 0 Å². The van der Waals surface area contributed by atoms with Crippen molar-refractivity contribution in [3.05, 3.63) is 53.6 Å². The van der Waals surface area contributed by atoms with Crippen LogP contribution in [-0.2, 0) is 5.41 Å². The zero-order valence-corrected chi connectivity index (χ0v) is 14.6. The van der Waals surface area contributed by atoms with Gasteiger partial charge in [0.15, 0.2) is 0 Å². The van der Waals surface area contributed by atoms with Gasteiger partial charge in [-0.15, -0.1) is 0 Å². The third-order valence-electron chi connectivity index (χ3n) is 4.01. The fourth-order valence-electron chi connectivity index (χ4n) is 2.60. The second-order valence-corrected chi connectivity index (χ2v) is 6.98. The largest absolute Gasteiger partial charge is 0.493 e. The van der Waals surface area contributed by atoms with Gasteiger partial charge in [0.05, 0.1) is 6.61 Å². The molecule has 0 N–H and O–H groups in total. The highest BCUT2D eigenvalue weighted by Crippen LogP contribution is 2.35. The molecule has 0 saturated heterocycles. The maximum Gasteiger partial charge on any atom is 0.127 e. The Labute approximate surface area is 135 Å². The minimum atomic E-state index is 0.155. The summed E-state index contributed by atoms with van der Waals surface area (Å²) in [7, 11) is 0. The molecule has 0 heterocycles. The van der Waals surface area contributed by atoms with Crippen LogP contribution in [0.1, 0.15) is 51.7 Å². The number of rotatable bonds is 5. The Balaban J connectivity index is 2.43. The first kappa shape index (κ1) is 16.6. The number of hydrogen-bond acceptors (Lipinski definition) is 1. The van der Waals surface area contributed by atoms with Crippen molar-refractivity contribution < 1.29 is 4.74 Å². The molecule has 0 unspecified atom stereocenters. The maximum atomic E-state index is 6.04. The van der Waals surface area contributed by atoms with Crippen molar-refractivity contribution in [3.8, 4) is 16.9 Å². The topological polar surface area (TPSA) is 9.23 Å². The number of benzene rings is 2. The van der Waals surface area contributed by atoms with Gasteiger partial charge in [0.2, 0.25) is 0 Å². The molecule has 2 rings (SSSR count). The van der Waals surface area contributed by atoms with E-state index in [1.54, 1.807) is 0 Å². The van der Waals surface area contributed by atoms with Gasteiger partial charge in [0.25, 0.3) is 0 Å². The zero-order chi connectivity index (χ0) is 16.2. The Hall–Kier alpha value is -1.76. The van der Waals surface area contributed by atoms with Gasteiger partial charge < -0.3 is 4.74 Å². The molecule has 0 spiro atoms. The van der Waals surface area contributed by atoms with E-state index in [1.165, 1.54) is 22.3 Å². The van der Waals surface area contributed by atoms with Crippen molar-refractivity contribution in [2.75, 3.05) is 6.61 Å². The van der Waals surface area contributed by atoms with Gasteiger partial charge in [0, 0.05) is 5.56 Å². The fourth-order valence-corrected chi connectivity index (χ4v) is 2.60. The molecule has 0 aliphatic carbocycles. The van der Waals surface area contributed by atoms with Crippen molar-refractivity contribution in [2.24, 2.45) is 0 Å². The normalized spacial score (nSPS) is 11.5. The van der Waals surface area contributed by atoms with Crippen LogP contribution in [0.15, 0.2) is 42.5 Å². The lowest BCUT2D eigenvalue weighted by Gasteiger charge is -2.21.